The van der Waals surface area contributed by atoms with Gasteiger partial charge in [0.15, 0.2) is 0 Å². The Morgan fingerprint density at radius 1 is 1.58 bits per heavy atom. The molecule has 1 N–H and O–H groups in total. The molecule has 2 heterocycles. The van der Waals surface area contributed by atoms with Gasteiger partial charge in [-0.05, 0) is 19.8 Å². The zero-order valence-electron chi connectivity index (χ0n) is 10.7. The van der Waals surface area contributed by atoms with Crippen LogP contribution in [0.5, 0.6) is 0 Å². The first kappa shape index (κ1) is 14.0. The average Bonchev–Trinajstić information content (AvgIpc) is 2.88. The lowest BCUT2D eigenvalue weighted by Gasteiger charge is -2.29. The molecule has 8 heteroatoms. The normalized spacial score (nSPS) is 21.4. The molecule has 0 radical (unpaired) electrons. The first-order valence-electron chi connectivity index (χ1n) is 6.20. The van der Waals surface area contributed by atoms with Crippen molar-refractivity contribution in [3.8, 4) is 0 Å². The van der Waals surface area contributed by atoms with Crippen molar-refractivity contribution in [3.05, 3.63) is 12.4 Å². The third-order valence-electron chi connectivity index (χ3n) is 3.30. The Hall–Kier alpha value is -1.41. The quantitative estimate of drug-likeness (QED) is 0.864. The average molecular weight is 287 g/mol. The minimum Gasteiger partial charge on any atom is -0.481 e. The number of carboxylic acid groups (broad SMARTS) is 1. The maximum absolute atomic E-state index is 12.4. The van der Waals surface area contributed by atoms with E-state index in [9.17, 15) is 13.2 Å². The van der Waals surface area contributed by atoms with Crippen LogP contribution in [0, 0.1) is 5.92 Å². The van der Waals surface area contributed by atoms with Gasteiger partial charge in [0.05, 0.1) is 12.1 Å². The van der Waals surface area contributed by atoms with Gasteiger partial charge in [0.1, 0.15) is 4.90 Å². The molecule has 1 aromatic rings. The highest BCUT2D eigenvalue weighted by Crippen LogP contribution is 2.23. The maximum Gasteiger partial charge on any atom is 0.307 e. The first-order valence-corrected chi connectivity index (χ1v) is 7.64. The number of aromatic nitrogens is 2. The Balaban J connectivity index is 2.21. The van der Waals surface area contributed by atoms with Gasteiger partial charge in [0.25, 0.3) is 0 Å². The molecule has 0 amide bonds. The van der Waals surface area contributed by atoms with Crippen LogP contribution >= 0.6 is 0 Å². The molecule has 0 bridgehead atoms. The van der Waals surface area contributed by atoms with E-state index in [0.717, 1.165) is 0 Å². The lowest BCUT2D eigenvalue weighted by molar-refractivity contribution is -0.142. The number of piperidine rings is 1. The molecule has 0 aromatic carbocycles. The standard InChI is InChI=1S/C11H17N3O4S/c1-2-13-8-10(6-12-13)19(17,18)14-5-3-4-9(7-14)11(15)16/h6,8-9H,2-5,7H2,1H3,(H,15,16). The second-order valence-electron chi connectivity index (χ2n) is 4.57. The fourth-order valence-corrected chi connectivity index (χ4v) is 3.64. The summed E-state index contributed by atoms with van der Waals surface area (Å²) in [6.07, 6.45) is 3.87. The molecule has 7 nitrogen and oxygen atoms in total. The molecule has 1 unspecified atom stereocenters. The molecule has 0 spiro atoms. The van der Waals surface area contributed by atoms with Crippen molar-refractivity contribution in [2.45, 2.75) is 31.2 Å². The monoisotopic (exact) mass is 287 g/mol. The van der Waals surface area contributed by atoms with Gasteiger partial charge in [-0.25, -0.2) is 8.42 Å². The molecule has 1 aliphatic rings. The van der Waals surface area contributed by atoms with Gasteiger partial charge in [-0.1, -0.05) is 0 Å². The molecule has 0 aliphatic carbocycles. The molecule has 2 rings (SSSR count). The zero-order chi connectivity index (χ0) is 14.0. The second kappa shape index (κ2) is 5.30. The minimum atomic E-state index is -3.63. The van der Waals surface area contributed by atoms with Gasteiger partial charge in [0.2, 0.25) is 10.0 Å². The summed E-state index contributed by atoms with van der Waals surface area (Å²) in [5, 5.41) is 12.9. The zero-order valence-corrected chi connectivity index (χ0v) is 11.5. The van der Waals surface area contributed by atoms with Crippen LogP contribution in [0.1, 0.15) is 19.8 Å². The number of carboxylic acids is 1. The molecule has 1 aliphatic heterocycles. The summed E-state index contributed by atoms with van der Waals surface area (Å²) in [6.45, 7) is 2.86. The summed E-state index contributed by atoms with van der Waals surface area (Å²) in [5.41, 5.74) is 0. The largest absolute Gasteiger partial charge is 0.481 e. The predicted octanol–water partition coefficient (Wildman–Crippen LogP) is 0.388. The summed E-state index contributed by atoms with van der Waals surface area (Å²) < 4.78 is 27.5. The van der Waals surface area contributed by atoms with Crippen LogP contribution in [-0.4, -0.2) is 46.7 Å². The number of hydrogen-bond acceptors (Lipinski definition) is 4. The molecule has 1 atom stereocenters. The van der Waals surface area contributed by atoms with Crippen molar-refractivity contribution in [2.24, 2.45) is 5.92 Å². The van der Waals surface area contributed by atoms with E-state index < -0.39 is 21.9 Å². The minimum absolute atomic E-state index is 0.0367. The van der Waals surface area contributed by atoms with E-state index in [-0.39, 0.29) is 11.4 Å². The van der Waals surface area contributed by atoms with E-state index in [1.54, 1.807) is 0 Å². The van der Waals surface area contributed by atoms with Gasteiger partial charge in [-0.2, -0.15) is 9.40 Å². The summed E-state index contributed by atoms with van der Waals surface area (Å²) in [7, 11) is -3.63. The molecular formula is C11H17N3O4S. The number of carbonyl (C=O) groups is 1. The summed E-state index contributed by atoms with van der Waals surface area (Å²) >= 11 is 0. The van der Waals surface area contributed by atoms with Crippen LogP contribution in [0.15, 0.2) is 17.3 Å². The van der Waals surface area contributed by atoms with Crippen LogP contribution in [-0.2, 0) is 21.4 Å². The van der Waals surface area contributed by atoms with Crippen LogP contribution < -0.4 is 0 Å². The van der Waals surface area contributed by atoms with Crippen molar-refractivity contribution in [1.82, 2.24) is 14.1 Å². The highest BCUT2D eigenvalue weighted by atomic mass is 32.2. The number of aryl methyl sites for hydroxylation is 1. The lowest BCUT2D eigenvalue weighted by Crippen LogP contribution is -2.42. The van der Waals surface area contributed by atoms with Gasteiger partial charge >= 0.3 is 5.97 Å². The van der Waals surface area contributed by atoms with E-state index in [4.69, 9.17) is 5.11 Å². The molecule has 1 aromatic heterocycles. The van der Waals surface area contributed by atoms with Crippen molar-refractivity contribution >= 4 is 16.0 Å². The topological polar surface area (TPSA) is 92.5 Å². The molecule has 106 valence electrons. The van der Waals surface area contributed by atoms with E-state index in [0.29, 0.717) is 25.9 Å². The van der Waals surface area contributed by atoms with Crippen molar-refractivity contribution in [3.63, 3.8) is 0 Å². The van der Waals surface area contributed by atoms with E-state index in [1.807, 2.05) is 6.92 Å². The second-order valence-corrected chi connectivity index (χ2v) is 6.51. The van der Waals surface area contributed by atoms with Gasteiger partial charge in [-0.15, -0.1) is 0 Å². The van der Waals surface area contributed by atoms with Crippen LogP contribution in [0.25, 0.3) is 0 Å². The predicted molar refractivity (Wildman–Crippen MR) is 67.0 cm³/mol. The van der Waals surface area contributed by atoms with Crippen LogP contribution in [0.4, 0.5) is 0 Å². The summed E-state index contributed by atoms with van der Waals surface area (Å²) in [4.78, 5) is 11.1. The third kappa shape index (κ3) is 2.79. The Kier molecular flexibility index (Phi) is 3.91. The molecule has 1 saturated heterocycles. The molecule has 19 heavy (non-hydrogen) atoms. The van der Waals surface area contributed by atoms with Gasteiger partial charge < -0.3 is 5.11 Å². The Morgan fingerprint density at radius 2 is 2.32 bits per heavy atom. The third-order valence-corrected chi connectivity index (χ3v) is 5.12. The molecule has 0 saturated carbocycles. The van der Waals surface area contributed by atoms with Crippen molar-refractivity contribution < 1.29 is 18.3 Å². The smallest absolute Gasteiger partial charge is 0.307 e. The SMILES string of the molecule is CCn1cc(S(=O)(=O)N2CCCC(C(=O)O)C2)cn1. The number of aliphatic carboxylic acids is 1. The number of nitrogens with zero attached hydrogens (tertiary/aromatic N) is 3. The van der Waals surface area contributed by atoms with Gasteiger partial charge in [-0.3, -0.25) is 9.48 Å². The van der Waals surface area contributed by atoms with Crippen molar-refractivity contribution in [2.75, 3.05) is 13.1 Å². The first-order chi connectivity index (χ1) is 8.95. The fraction of sp³-hybridized carbons (Fsp3) is 0.636. The Labute approximate surface area is 111 Å². The van der Waals surface area contributed by atoms with E-state index in [1.165, 1.54) is 21.4 Å². The lowest BCUT2D eigenvalue weighted by atomic mass is 10.0. The summed E-state index contributed by atoms with van der Waals surface area (Å²) in [6, 6.07) is 0. The van der Waals surface area contributed by atoms with E-state index in [2.05, 4.69) is 5.10 Å². The Morgan fingerprint density at radius 3 is 2.89 bits per heavy atom. The number of sulfonamides is 1. The molecule has 1 fully saturated rings. The molecular weight excluding hydrogens is 270 g/mol. The number of rotatable bonds is 4. The van der Waals surface area contributed by atoms with Crippen LogP contribution in [0.3, 0.4) is 0 Å². The highest BCUT2D eigenvalue weighted by Gasteiger charge is 2.33. The van der Waals surface area contributed by atoms with Crippen molar-refractivity contribution in [1.29, 1.82) is 0 Å². The fourth-order valence-electron chi connectivity index (χ4n) is 2.16. The number of hydrogen-bond donors (Lipinski definition) is 1. The highest BCUT2D eigenvalue weighted by molar-refractivity contribution is 7.89. The van der Waals surface area contributed by atoms with Crippen LogP contribution in [0.2, 0.25) is 0 Å². The maximum atomic E-state index is 12.4. The van der Waals surface area contributed by atoms with E-state index >= 15 is 0 Å². The summed E-state index contributed by atoms with van der Waals surface area (Å²) in [5.74, 6) is -1.56. The Bertz CT molecular complexity index is 566. The van der Waals surface area contributed by atoms with Gasteiger partial charge in [0, 0.05) is 25.8 Å².